The summed E-state index contributed by atoms with van der Waals surface area (Å²) in [4.78, 5) is 10.3. The van der Waals surface area contributed by atoms with E-state index in [1.165, 1.54) is 18.2 Å². The second-order valence-electron chi connectivity index (χ2n) is 4.80. The van der Waals surface area contributed by atoms with E-state index < -0.39 is 4.92 Å². The molecule has 5 nitrogen and oxygen atoms in total. The van der Waals surface area contributed by atoms with Crippen LogP contribution in [0, 0.1) is 24.0 Å². The van der Waals surface area contributed by atoms with E-state index in [-0.39, 0.29) is 12.3 Å². The molecule has 0 fully saturated rings. The van der Waals surface area contributed by atoms with Crippen molar-refractivity contribution in [1.29, 1.82) is 0 Å². The normalized spacial score (nSPS) is 10.4. The fourth-order valence-electron chi connectivity index (χ4n) is 1.98. The van der Waals surface area contributed by atoms with Gasteiger partial charge in [0.25, 0.3) is 5.69 Å². The van der Waals surface area contributed by atoms with Crippen LogP contribution in [0.1, 0.15) is 16.7 Å². The number of anilines is 1. The first-order chi connectivity index (χ1) is 9.88. The van der Waals surface area contributed by atoms with Crippen LogP contribution in [0.5, 0.6) is 5.75 Å². The Morgan fingerprint density at radius 3 is 2.43 bits per heavy atom. The van der Waals surface area contributed by atoms with Crippen LogP contribution < -0.4 is 10.5 Å². The van der Waals surface area contributed by atoms with Crippen molar-refractivity contribution in [2.75, 3.05) is 5.73 Å². The van der Waals surface area contributed by atoms with Gasteiger partial charge < -0.3 is 10.5 Å². The van der Waals surface area contributed by atoms with Gasteiger partial charge in [-0.1, -0.05) is 15.9 Å². The van der Waals surface area contributed by atoms with Gasteiger partial charge in [-0.05, 0) is 43.2 Å². The first-order valence-corrected chi connectivity index (χ1v) is 7.10. The number of non-ortho nitro benzene ring substituents is 1. The molecule has 0 aliphatic carbocycles. The van der Waals surface area contributed by atoms with Gasteiger partial charge in [-0.15, -0.1) is 0 Å². The predicted molar refractivity (Wildman–Crippen MR) is 85.5 cm³/mol. The van der Waals surface area contributed by atoms with Crippen LogP contribution in [0.3, 0.4) is 0 Å². The maximum Gasteiger partial charge on any atom is 0.269 e. The minimum atomic E-state index is -0.448. The number of nitrogen functional groups attached to an aromatic ring is 1. The summed E-state index contributed by atoms with van der Waals surface area (Å²) in [5.74, 6) is 0.708. The third-order valence-electron chi connectivity index (χ3n) is 3.14. The predicted octanol–water partition coefficient (Wildman–Crippen LogP) is 4.14. The van der Waals surface area contributed by atoms with Crippen molar-refractivity contribution in [3.8, 4) is 5.75 Å². The van der Waals surface area contributed by atoms with Crippen LogP contribution in [0.2, 0.25) is 0 Å². The molecule has 0 aliphatic rings. The average Bonchev–Trinajstić information content (AvgIpc) is 2.43. The van der Waals surface area contributed by atoms with Crippen molar-refractivity contribution in [1.82, 2.24) is 0 Å². The summed E-state index contributed by atoms with van der Waals surface area (Å²) in [6.07, 6.45) is 0. The molecule has 0 aromatic heterocycles. The molecular weight excluding hydrogens is 336 g/mol. The molecule has 0 bridgehead atoms. The van der Waals surface area contributed by atoms with E-state index in [0.717, 1.165) is 15.6 Å². The summed E-state index contributed by atoms with van der Waals surface area (Å²) in [6.45, 7) is 4.14. The molecule has 0 unspecified atom stereocenters. The van der Waals surface area contributed by atoms with Gasteiger partial charge in [-0.3, -0.25) is 10.1 Å². The van der Waals surface area contributed by atoms with Crippen LogP contribution >= 0.6 is 15.9 Å². The number of hydrogen-bond acceptors (Lipinski definition) is 4. The number of rotatable bonds is 4. The molecule has 0 amide bonds. The molecule has 0 spiro atoms. The summed E-state index contributed by atoms with van der Waals surface area (Å²) in [7, 11) is 0. The third kappa shape index (κ3) is 3.52. The number of benzene rings is 2. The van der Waals surface area contributed by atoms with Gasteiger partial charge >= 0.3 is 0 Å². The van der Waals surface area contributed by atoms with Crippen molar-refractivity contribution in [2.24, 2.45) is 0 Å². The Morgan fingerprint density at radius 1 is 1.24 bits per heavy atom. The Kier molecular flexibility index (Phi) is 4.47. The minimum Gasteiger partial charge on any atom is -0.489 e. The van der Waals surface area contributed by atoms with E-state index in [2.05, 4.69) is 15.9 Å². The lowest BCUT2D eigenvalue weighted by Gasteiger charge is -2.11. The second-order valence-corrected chi connectivity index (χ2v) is 5.59. The average molecular weight is 351 g/mol. The Balaban J connectivity index is 2.20. The Labute approximate surface area is 131 Å². The summed E-state index contributed by atoms with van der Waals surface area (Å²) in [5, 5.41) is 10.8. The molecule has 2 aromatic carbocycles. The number of nitro groups is 1. The molecule has 0 saturated heterocycles. The number of ether oxygens (including phenoxy) is 1. The number of nitrogens with zero attached hydrogens (tertiary/aromatic N) is 1. The molecule has 0 radical (unpaired) electrons. The van der Waals surface area contributed by atoms with Gasteiger partial charge in [0.15, 0.2) is 0 Å². The standard InChI is InChI=1S/C15H15BrN2O3/c1-9-5-13(6-10(2)15(9)16)21-8-11-7-12(18(19)20)3-4-14(11)17/h3-7H,8,17H2,1-2H3. The monoisotopic (exact) mass is 350 g/mol. The lowest BCUT2D eigenvalue weighted by Crippen LogP contribution is -2.02. The first kappa shape index (κ1) is 15.3. The van der Waals surface area contributed by atoms with Crippen molar-refractivity contribution in [3.63, 3.8) is 0 Å². The molecule has 2 N–H and O–H groups in total. The molecule has 21 heavy (non-hydrogen) atoms. The van der Waals surface area contributed by atoms with Crippen LogP contribution in [-0.2, 0) is 6.61 Å². The summed E-state index contributed by atoms with van der Waals surface area (Å²) in [6, 6.07) is 8.16. The highest BCUT2D eigenvalue weighted by Crippen LogP contribution is 2.27. The zero-order chi connectivity index (χ0) is 15.6. The van der Waals surface area contributed by atoms with Gasteiger partial charge in [-0.2, -0.15) is 0 Å². The van der Waals surface area contributed by atoms with E-state index in [9.17, 15) is 10.1 Å². The smallest absolute Gasteiger partial charge is 0.269 e. The fraction of sp³-hybridized carbons (Fsp3) is 0.200. The van der Waals surface area contributed by atoms with E-state index in [0.29, 0.717) is 17.0 Å². The molecule has 6 heteroatoms. The lowest BCUT2D eigenvalue weighted by molar-refractivity contribution is -0.384. The maximum absolute atomic E-state index is 10.8. The largest absolute Gasteiger partial charge is 0.489 e. The molecule has 0 saturated carbocycles. The fourth-order valence-corrected chi connectivity index (χ4v) is 2.21. The molecule has 2 aromatic rings. The highest BCUT2D eigenvalue weighted by Gasteiger charge is 2.10. The molecule has 0 atom stereocenters. The summed E-state index contributed by atoms with van der Waals surface area (Å²) < 4.78 is 6.75. The summed E-state index contributed by atoms with van der Waals surface area (Å²) in [5.41, 5.74) is 9.04. The molecule has 0 aliphatic heterocycles. The third-order valence-corrected chi connectivity index (χ3v) is 4.39. The second kappa shape index (κ2) is 6.13. The maximum atomic E-state index is 10.8. The highest BCUT2D eigenvalue weighted by atomic mass is 79.9. The van der Waals surface area contributed by atoms with Gasteiger partial charge in [0.2, 0.25) is 0 Å². The zero-order valence-electron chi connectivity index (χ0n) is 11.7. The molecule has 110 valence electrons. The number of halogens is 1. The zero-order valence-corrected chi connectivity index (χ0v) is 13.3. The van der Waals surface area contributed by atoms with Crippen LogP contribution in [0.25, 0.3) is 0 Å². The van der Waals surface area contributed by atoms with E-state index in [1.54, 1.807) is 0 Å². The van der Waals surface area contributed by atoms with Crippen LogP contribution in [-0.4, -0.2) is 4.92 Å². The van der Waals surface area contributed by atoms with Crippen molar-refractivity contribution >= 4 is 27.3 Å². The molecular formula is C15H15BrN2O3. The van der Waals surface area contributed by atoms with E-state index >= 15 is 0 Å². The van der Waals surface area contributed by atoms with Crippen molar-refractivity contribution in [2.45, 2.75) is 20.5 Å². The van der Waals surface area contributed by atoms with E-state index in [4.69, 9.17) is 10.5 Å². The van der Waals surface area contributed by atoms with Crippen LogP contribution in [0.4, 0.5) is 11.4 Å². The Morgan fingerprint density at radius 2 is 1.86 bits per heavy atom. The summed E-state index contributed by atoms with van der Waals surface area (Å²) >= 11 is 3.50. The van der Waals surface area contributed by atoms with Crippen LogP contribution in [0.15, 0.2) is 34.8 Å². The van der Waals surface area contributed by atoms with Crippen molar-refractivity contribution in [3.05, 3.63) is 61.6 Å². The number of nitro benzene ring substituents is 1. The van der Waals surface area contributed by atoms with Gasteiger partial charge in [0.1, 0.15) is 12.4 Å². The Bertz CT molecular complexity index is 678. The quantitative estimate of drug-likeness (QED) is 0.510. The topological polar surface area (TPSA) is 78.4 Å². The Hall–Kier alpha value is -2.08. The van der Waals surface area contributed by atoms with Gasteiger partial charge in [-0.25, -0.2) is 0 Å². The lowest BCUT2D eigenvalue weighted by atomic mass is 10.1. The minimum absolute atomic E-state index is 0.00553. The number of hydrogen-bond donors (Lipinski definition) is 1. The SMILES string of the molecule is Cc1cc(OCc2cc([N+](=O)[O-])ccc2N)cc(C)c1Br. The van der Waals surface area contributed by atoms with Gasteiger partial charge in [0, 0.05) is 27.9 Å². The van der Waals surface area contributed by atoms with Gasteiger partial charge in [0.05, 0.1) is 4.92 Å². The number of aryl methyl sites for hydroxylation is 2. The highest BCUT2D eigenvalue weighted by molar-refractivity contribution is 9.10. The van der Waals surface area contributed by atoms with E-state index in [1.807, 2.05) is 26.0 Å². The first-order valence-electron chi connectivity index (χ1n) is 6.31. The molecule has 2 rings (SSSR count). The molecule has 0 heterocycles. The number of nitrogens with two attached hydrogens (primary N) is 1. The van der Waals surface area contributed by atoms with Crippen molar-refractivity contribution < 1.29 is 9.66 Å².